The van der Waals surface area contributed by atoms with Crippen molar-refractivity contribution >= 4 is 10.9 Å². The van der Waals surface area contributed by atoms with E-state index >= 15 is 0 Å². The third kappa shape index (κ3) is 1.70. The van der Waals surface area contributed by atoms with E-state index in [1.54, 1.807) is 6.20 Å². The Labute approximate surface area is 104 Å². The SMILES string of the molecule is N#Cc1ncccc1-c1ccc2ccccc2n1. The van der Waals surface area contributed by atoms with Gasteiger partial charge in [0, 0.05) is 17.1 Å². The Morgan fingerprint density at radius 1 is 0.944 bits per heavy atom. The second kappa shape index (κ2) is 4.27. The molecular weight excluding hydrogens is 222 g/mol. The fourth-order valence-corrected chi connectivity index (χ4v) is 1.92. The predicted octanol–water partition coefficient (Wildman–Crippen LogP) is 3.17. The maximum absolute atomic E-state index is 9.05. The first-order valence-corrected chi connectivity index (χ1v) is 5.60. The molecule has 0 amide bonds. The number of hydrogen-bond donors (Lipinski definition) is 0. The van der Waals surface area contributed by atoms with Crippen LogP contribution in [0.3, 0.4) is 0 Å². The minimum Gasteiger partial charge on any atom is -0.248 e. The van der Waals surface area contributed by atoms with Crippen LogP contribution in [0.2, 0.25) is 0 Å². The Balaban J connectivity index is 2.23. The van der Waals surface area contributed by atoms with Gasteiger partial charge in [0.05, 0.1) is 11.2 Å². The smallest absolute Gasteiger partial charge is 0.149 e. The van der Waals surface area contributed by atoms with Crippen molar-refractivity contribution in [3.05, 3.63) is 60.4 Å². The monoisotopic (exact) mass is 231 g/mol. The molecule has 3 heteroatoms. The molecule has 0 radical (unpaired) electrons. The van der Waals surface area contributed by atoms with Gasteiger partial charge in [0.2, 0.25) is 0 Å². The summed E-state index contributed by atoms with van der Waals surface area (Å²) in [6.07, 6.45) is 1.61. The third-order valence-electron chi connectivity index (χ3n) is 2.79. The summed E-state index contributed by atoms with van der Waals surface area (Å²) in [5.74, 6) is 0. The molecule has 84 valence electrons. The summed E-state index contributed by atoms with van der Waals surface area (Å²) in [7, 11) is 0. The second-order valence-electron chi connectivity index (χ2n) is 3.90. The minimum atomic E-state index is 0.403. The molecule has 0 saturated carbocycles. The summed E-state index contributed by atoms with van der Waals surface area (Å²) >= 11 is 0. The zero-order valence-electron chi connectivity index (χ0n) is 9.54. The molecule has 1 aromatic carbocycles. The van der Waals surface area contributed by atoms with Gasteiger partial charge in [-0.3, -0.25) is 0 Å². The maximum atomic E-state index is 9.05. The number of fused-ring (bicyclic) bond motifs is 1. The van der Waals surface area contributed by atoms with E-state index in [0.717, 1.165) is 22.2 Å². The number of aromatic nitrogens is 2. The summed E-state index contributed by atoms with van der Waals surface area (Å²) in [4.78, 5) is 8.62. The highest BCUT2D eigenvalue weighted by atomic mass is 14.7. The Kier molecular flexibility index (Phi) is 2.47. The summed E-state index contributed by atoms with van der Waals surface area (Å²) in [6, 6.07) is 17.6. The molecule has 2 aromatic heterocycles. The molecule has 3 aromatic rings. The van der Waals surface area contributed by atoms with Gasteiger partial charge < -0.3 is 0 Å². The molecule has 18 heavy (non-hydrogen) atoms. The lowest BCUT2D eigenvalue weighted by molar-refractivity contribution is 1.25. The number of hydrogen-bond acceptors (Lipinski definition) is 3. The van der Waals surface area contributed by atoms with Crippen molar-refractivity contribution in [1.82, 2.24) is 9.97 Å². The summed E-state index contributed by atoms with van der Waals surface area (Å²) in [5, 5.41) is 10.1. The van der Waals surface area contributed by atoms with Crippen molar-refractivity contribution in [1.29, 1.82) is 5.26 Å². The zero-order chi connectivity index (χ0) is 12.4. The first-order chi connectivity index (χ1) is 8.88. The normalized spacial score (nSPS) is 10.2. The van der Waals surface area contributed by atoms with Crippen LogP contribution in [-0.4, -0.2) is 9.97 Å². The average Bonchev–Trinajstić information content (AvgIpc) is 2.46. The Hall–Kier alpha value is -2.73. The van der Waals surface area contributed by atoms with Crippen molar-refractivity contribution in [3.8, 4) is 17.3 Å². The number of nitrogens with zero attached hydrogens (tertiary/aromatic N) is 3. The number of benzene rings is 1. The second-order valence-corrected chi connectivity index (χ2v) is 3.90. The minimum absolute atomic E-state index is 0.403. The fraction of sp³-hybridized carbons (Fsp3) is 0. The Bertz CT molecular complexity index is 757. The van der Waals surface area contributed by atoms with Gasteiger partial charge in [-0.2, -0.15) is 5.26 Å². The van der Waals surface area contributed by atoms with Crippen molar-refractivity contribution in [2.75, 3.05) is 0 Å². The molecule has 0 saturated heterocycles. The van der Waals surface area contributed by atoms with Crippen LogP contribution >= 0.6 is 0 Å². The molecule has 0 aliphatic rings. The Morgan fingerprint density at radius 3 is 2.72 bits per heavy atom. The van der Waals surface area contributed by atoms with Gasteiger partial charge in [-0.15, -0.1) is 0 Å². The van der Waals surface area contributed by atoms with E-state index in [4.69, 9.17) is 5.26 Å². The van der Waals surface area contributed by atoms with Crippen LogP contribution < -0.4 is 0 Å². The molecule has 0 N–H and O–H groups in total. The van der Waals surface area contributed by atoms with Gasteiger partial charge in [-0.1, -0.05) is 24.3 Å². The quantitative estimate of drug-likeness (QED) is 0.646. The molecule has 0 spiro atoms. The van der Waals surface area contributed by atoms with E-state index in [2.05, 4.69) is 16.0 Å². The van der Waals surface area contributed by atoms with Crippen LogP contribution in [0.25, 0.3) is 22.2 Å². The van der Waals surface area contributed by atoms with Gasteiger partial charge in [-0.25, -0.2) is 9.97 Å². The van der Waals surface area contributed by atoms with E-state index < -0.39 is 0 Å². The van der Waals surface area contributed by atoms with Gasteiger partial charge >= 0.3 is 0 Å². The Morgan fingerprint density at radius 2 is 1.83 bits per heavy atom. The van der Waals surface area contributed by atoms with Crippen LogP contribution in [0, 0.1) is 11.3 Å². The van der Waals surface area contributed by atoms with Crippen LogP contribution in [0.1, 0.15) is 5.69 Å². The number of pyridine rings is 2. The molecule has 2 heterocycles. The van der Waals surface area contributed by atoms with Crippen LogP contribution in [0.4, 0.5) is 0 Å². The van der Waals surface area contributed by atoms with Crippen LogP contribution in [0.5, 0.6) is 0 Å². The number of nitriles is 1. The molecular formula is C15H9N3. The highest BCUT2D eigenvalue weighted by molar-refractivity contribution is 5.82. The lowest BCUT2D eigenvalue weighted by atomic mass is 10.1. The lowest BCUT2D eigenvalue weighted by Crippen LogP contribution is -1.91. The summed E-state index contributed by atoms with van der Waals surface area (Å²) in [5.41, 5.74) is 2.87. The van der Waals surface area contributed by atoms with Gasteiger partial charge in [-0.05, 0) is 24.3 Å². The maximum Gasteiger partial charge on any atom is 0.149 e. The fourth-order valence-electron chi connectivity index (χ4n) is 1.92. The molecule has 0 atom stereocenters. The first-order valence-electron chi connectivity index (χ1n) is 5.60. The van der Waals surface area contributed by atoms with Crippen LogP contribution in [-0.2, 0) is 0 Å². The standard InChI is InChI=1S/C15H9N3/c16-10-15-12(5-3-9-17-15)14-8-7-11-4-1-2-6-13(11)18-14/h1-9H. The molecule has 0 bridgehead atoms. The van der Waals surface area contributed by atoms with E-state index in [1.165, 1.54) is 0 Å². The van der Waals surface area contributed by atoms with Crippen molar-refractivity contribution in [3.63, 3.8) is 0 Å². The topological polar surface area (TPSA) is 49.6 Å². The van der Waals surface area contributed by atoms with Crippen molar-refractivity contribution in [2.24, 2.45) is 0 Å². The number of rotatable bonds is 1. The highest BCUT2D eigenvalue weighted by Crippen LogP contribution is 2.22. The summed E-state index contributed by atoms with van der Waals surface area (Å²) in [6.45, 7) is 0. The first kappa shape index (κ1) is 10.4. The van der Waals surface area contributed by atoms with Crippen molar-refractivity contribution < 1.29 is 0 Å². The third-order valence-corrected chi connectivity index (χ3v) is 2.79. The largest absolute Gasteiger partial charge is 0.248 e. The lowest BCUT2D eigenvalue weighted by Gasteiger charge is -2.04. The predicted molar refractivity (Wildman–Crippen MR) is 69.7 cm³/mol. The average molecular weight is 231 g/mol. The van der Waals surface area contributed by atoms with E-state index in [0.29, 0.717) is 5.69 Å². The van der Waals surface area contributed by atoms with E-state index in [1.807, 2.05) is 48.5 Å². The van der Waals surface area contributed by atoms with E-state index in [-0.39, 0.29) is 0 Å². The van der Waals surface area contributed by atoms with Crippen LogP contribution in [0.15, 0.2) is 54.7 Å². The zero-order valence-corrected chi connectivity index (χ0v) is 9.54. The van der Waals surface area contributed by atoms with Crippen molar-refractivity contribution in [2.45, 2.75) is 0 Å². The van der Waals surface area contributed by atoms with Gasteiger partial charge in [0.1, 0.15) is 11.8 Å². The molecule has 0 unspecified atom stereocenters. The highest BCUT2D eigenvalue weighted by Gasteiger charge is 2.07. The molecule has 3 rings (SSSR count). The number of para-hydroxylation sites is 1. The molecule has 0 aliphatic carbocycles. The van der Waals surface area contributed by atoms with E-state index in [9.17, 15) is 0 Å². The molecule has 3 nitrogen and oxygen atoms in total. The van der Waals surface area contributed by atoms with Gasteiger partial charge in [0.25, 0.3) is 0 Å². The van der Waals surface area contributed by atoms with Gasteiger partial charge in [0.15, 0.2) is 0 Å². The molecule has 0 aliphatic heterocycles. The summed E-state index contributed by atoms with van der Waals surface area (Å²) < 4.78 is 0. The molecule has 0 fully saturated rings.